The molecule has 0 unspecified atom stereocenters. The van der Waals surface area contributed by atoms with Crippen LogP contribution in [0.15, 0.2) is 42.7 Å². The van der Waals surface area contributed by atoms with Crippen LogP contribution in [0.25, 0.3) is 17.1 Å². The third kappa shape index (κ3) is 4.27. The molecule has 3 aromatic heterocycles. The molecule has 4 heterocycles. The largest absolute Gasteiger partial charge is 0.366 e. The van der Waals surface area contributed by atoms with Crippen LogP contribution < -0.4 is 5.73 Å². The van der Waals surface area contributed by atoms with Crippen molar-refractivity contribution in [3.8, 4) is 17.1 Å². The lowest BCUT2D eigenvalue weighted by molar-refractivity contribution is -0.0495. The Morgan fingerprint density at radius 3 is 2.39 bits per heavy atom. The summed E-state index contributed by atoms with van der Waals surface area (Å²) in [5, 5.41) is 4.42. The SMILES string of the molecule is Cc1ccc(-n2nc(C(=O)N3CCC(F)(F)CC3)cc2-c2ccc(C(N)=O)cn2)cn1. The van der Waals surface area contributed by atoms with Crippen molar-refractivity contribution in [2.24, 2.45) is 5.73 Å². The van der Waals surface area contributed by atoms with Crippen molar-refractivity contribution in [1.29, 1.82) is 0 Å². The average Bonchev–Trinajstić information content (AvgIpc) is 3.19. The quantitative estimate of drug-likeness (QED) is 0.690. The van der Waals surface area contributed by atoms with E-state index in [1.54, 1.807) is 30.5 Å². The summed E-state index contributed by atoms with van der Waals surface area (Å²) in [7, 11) is 0. The zero-order valence-electron chi connectivity index (χ0n) is 16.8. The first-order chi connectivity index (χ1) is 14.7. The van der Waals surface area contributed by atoms with Crippen LogP contribution >= 0.6 is 0 Å². The van der Waals surface area contributed by atoms with Crippen LogP contribution in [0.5, 0.6) is 0 Å². The van der Waals surface area contributed by atoms with E-state index in [9.17, 15) is 18.4 Å². The van der Waals surface area contributed by atoms with Crippen LogP contribution in [0.3, 0.4) is 0 Å². The van der Waals surface area contributed by atoms with Gasteiger partial charge in [0.2, 0.25) is 5.91 Å². The second-order valence-corrected chi connectivity index (χ2v) is 7.43. The summed E-state index contributed by atoms with van der Waals surface area (Å²) in [5.41, 5.74) is 8.00. The normalized spacial score (nSPS) is 15.6. The fourth-order valence-electron chi connectivity index (χ4n) is 3.34. The van der Waals surface area contributed by atoms with Crippen LogP contribution in [0.1, 0.15) is 39.4 Å². The molecular formula is C21H20F2N6O2. The van der Waals surface area contributed by atoms with Gasteiger partial charge in [-0.3, -0.25) is 19.6 Å². The van der Waals surface area contributed by atoms with Gasteiger partial charge in [-0.25, -0.2) is 13.5 Å². The molecule has 10 heteroatoms. The molecule has 0 spiro atoms. The monoisotopic (exact) mass is 426 g/mol. The summed E-state index contributed by atoms with van der Waals surface area (Å²) in [5.74, 6) is -3.78. The molecule has 8 nitrogen and oxygen atoms in total. The van der Waals surface area contributed by atoms with E-state index in [4.69, 9.17) is 5.73 Å². The number of alkyl halides is 2. The number of rotatable bonds is 4. The van der Waals surface area contributed by atoms with Crippen molar-refractivity contribution in [2.75, 3.05) is 13.1 Å². The number of halogens is 2. The average molecular weight is 426 g/mol. The van der Waals surface area contributed by atoms with Crippen molar-refractivity contribution in [2.45, 2.75) is 25.7 Å². The molecule has 1 fully saturated rings. The maximum Gasteiger partial charge on any atom is 0.274 e. The molecule has 1 aliphatic heterocycles. The van der Waals surface area contributed by atoms with Gasteiger partial charge in [0.15, 0.2) is 5.69 Å². The molecule has 0 saturated carbocycles. The van der Waals surface area contributed by atoms with Gasteiger partial charge in [-0.05, 0) is 37.3 Å². The Morgan fingerprint density at radius 2 is 1.81 bits per heavy atom. The second kappa shape index (κ2) is 7.86. The molecule has 0 aromatic carbocycles. The Morgan fingerprint density at radius 1 is 1.06 bits per heavy atom. The molecule has 160 valence electrons. The van der Waals surface area contributed by atoms with Gasteiger partial charge in [-0.1, -0.05) is 0 Å². The van der Waals surface area contributed by atoms with Crippen LogP contribution in [-0.2, 0) is 0 Å². The fourth-order valence-corrected chi connectivity index (χ4v) is 3.34. The van der Waals surface area contributed by atoms with E-state index in [1.807, 2.05) is 6.92 Å². The Hall–Kier alpha value is -3.69. The first-order valence-corrected chi connectivity index (χ1v) is 9.70. The summed E-state index contributed by atoms with van der Waals surface area (Å²) in [4.78, 5) is 34.2. The molecule has 2 N–H and O–H groups in total. The van der Waals surface area contributed by atoms with E-state index < -0.39 is 17.7 Å². The summed E-state index contributed by atoms with van der Waals surface area (Å²) < 4.78 is 28.5. The topological polar surface area (TPSA) is 107 Å². The number of carbonyl (C=O) groups is 2. The number of primary amides is 1. The zero-order chi connectivity index (χ0) is 22.2. The number of aromatic nitrogens is 4. The van der Waals surface area contributed by atoms with Gasteiger partial charge in [-0.15, -0.1) is 0 Å². The highest BCUT2D eigenvalue weighted by Crippen LogP contribution is 2.29. The molecule has 2 amide bonds. The van der Waals surface area contributed by atoms with Gasteiger partial charge >= 0.3 is 0 Å². The number of nitrogens with two attached hydrogens (primary N) is 1. The van der Waals surface area contributed by atoms with Crippen LogP contribution in [0, 0.1) is 6.92 Å². The third-order valence-corrected chi connectivity index (χ3v) is 5.16. The van der Waals surface area contributed by atoms with E-state index in [0.717, 1.165) is 5.69 Å². The fraction of sp³-hybridized carbons (Fsp3) is 0.286. The lowest BCUT2D eigenvalue weighted by atomic mass is 10.1. The van der Waals surface area contributed by atoms with Gasteiger partial charge in [0, 0.05) is 37.8 Å². The van der Waals surface area contributed by atoms with E-state index in [2.05, 4.69) is 15.1 Å². The summed E-state index contributed by atoms with van der Waals surface area (Å²) in [6.07, 6.45) is 2.21. The number of pyridine rings is 2. The van der Waals surface area contributed by atoms with Crippen LogP contribution in [0.4, 0.5) is 8.78 Å². The first-order valence-electron chi connectivity index (χ1n) is 9.70. The van der Waals surface area contributed by atoms with E-state index in [1.165, 1.54) is 21.8 Å². The number of carbonyl (C=O) groups excluding carboxylic acids is 2. The van der Waals surface area contributed by atoms with Crippen LogP contribution in [-0.4, -0.2) is 55.5 Å². The Labute approximate surface area is 176 Å². The molecular weight excluding hydrogens is 406 g/mol. The number of likely N-dealkylation sites (tertiary alicyclic amines) is 1. The molecule has 1 aliphatic rings. The molecule has 0 atom stereocenters. The van der Waals surface area contributed by atoms with Gasteiger partial charge in [0.1, 0.15) is 0 Å². The minimum atomic E-state index is -2.75. The Bertz CT molecular complexity index is 1120. The lowest BCUT2D eigenvalue weighted by Crippen LogP contribution is -2.42. The summed E-state index contributed by atoms with van der Waals surface area (Å²) in [6, 6.07) is 8.29. The molecule has 0 bridgehead atoms. The highest BCUT2D eigenvalue weighted by atomic mass is 19.3. The number of amides is 2. The third-order valence-electron chi connectivity index (χ3n) is 5.16. The number of hydrogen-bond donors (Lipinski definition) is 1. The van der Waals surface area contributed by atoms with Gasteiger partial charge < -0.3 is 10.6 Å². The van der Waals surface area contributed by atoms with E-state index >= 15 is 0 Å². The highest BCUT2D eigenvalue weighted by Gasteiger charge is 2.36. The predicted molar refractivity (Wildman–Crippen MR) is 108 cm³/mol. The molecule has 31 heavy (non-hydrogen) atoms. The molecule has 0 radical (unpaired) electrons. The Balaban J connectivity index is 1.72. The minimum absolute atomic E-state index is 0.0360. The van der Waals surface area contributed by atoms with Gasteiger partial charge in [0.25, 0.3) is 11.8 Å². The second-order valence-electron chi connectivity index (χ2n) is 7.43. The Kier molecular flexibility index (Phi) is 5.22. The zero-order valence-corrected chi connectivity index (χ0v) is 16.8. The first kappa shape index (κ1) is 20.6. The molecule has 1 saturated heterocycles. The van der Waals surface area contributed by atoms with Gasteiger partial charge in [0.05, 0.1) is 28.8 Å². The van der Waals surface area contributed by atoms with Crippen molar-refractivity contribution in [3.05, 3.63) is 59.7 Å². The van der Waals surface area contributed by atoms with Crippen molar-refractivity contribution in [3.63, 3.8) is 0 Å². The number of nitrogens with zero attached hydrogens (tertiary/aromatic N) is 5. The van der Waals surface area contributed by atoms with E-state index in [-0.39, 0.29) is 37.2 Å². The number of piperidine rings is 1. The number of aryl methyl sites for hydroxylation is 1. The van der Waals surface area contributed by atoms with Crippen LogP contribution in [0.2, 0.25) is 0 Å². The highest BCUT2D eigenvalue weighted by molar-refractivity contribution is 5.94. The van der Waals surface area contributed by atoms with Crippen molar-refractivity contribution >= 4 is 11.8 Å². The maximum atomic E-state index is 13.5. The summed E-state index contributed by atoms with van der Waals surface area (Å²) in [6.45, 7) is 1.77. The van der Waals surface area contributed by atoms with E-state index in [0.29, 0.717) is 17.1 Å². The molecule has 4 rings (SSSR count). The van der Waals surface area contributed by atoms with Crippen molar-refractivity contribution < 1.29 is 18.4 Å². The van der Waals surface area contributed by atoms with Gasteiger partial charge in [-0.2, -0.15) is 5.10 Å². The lowest BCUT2D eigenvalue weighted by Gasteiger charge is -2.31. The standard InChI is InChI=1S/C21H20F2N6O2/c1-13-2-4-15(12-25-13)29-18(16-5-3-14(11-26-16)19(24)30)10-17(27-29)20(31)28-8-6-21(22,23)7-9-28/h2-5,10-12H,6-9H2,1H3,(H2,24,30). The minimum Gasteiger partial charge on any atom is -0.366 e. The molecule has 0 aliphatic carbocycles. The maximum absolute atomic E-state index is 13.5. The smallest absolute Gasteiger partial charge is 0.274 e. The number of hydrogen-bond acceptors (Lipinski definition) is 5. The predicted octanol–water partition coefficient (Wildman–Crippen LogP) is 2.61. The molecule has 3 aromatic rings. The van der Waals surface area contributed by atoms with Crippen molar-refractivity contribution in [1.82, 2.24) is 24.6 Å². The summed E-state index contributed by atoms with van der Waals surface area (Å²) >= 11 is 0.